The highest BCUT2D eigenvalue weighted by atomic mass is 35.5. The Kier molecular flexibility index (Phi) is 5.16. The Bertz CT molecular complexity index is 583. The largest absolute Gasteiger partial charge is 0.306 e. The van der Waals surface area contributed by atoms with Crippen LogP contribution in [0.5, 0.6) is 0 Å². The Balaban J connectivity index is 2.44. The summed E-state index contributed by atoms with van der Waals surface area (Å²) >= 11 is 6.11. The molecule has 3 heteroatoms. The first-order valence-electron chi connectivity index (χ1n) is 6.86. The molecule has 2 rings (SSSR count). The van der Waals surface area contributed by atoms with Crippen molar-refractivity contribution in [2.24, 2.45) is 0 Å². The van der Waals surface area contributed by atoms with E-state index in [0.717, 1.165) is 29.7 Å². The minimum Gasteiger partial charge on any atom is -0.306 e. The fraction of sp³-hybridized carbons (Fsp3) is 0.294. The van der Waals surface area contributed by atoms with E-state index in [1.165, 1.54) is 6.07 Å². The number of halogens is 2. The van der Waals surface area contributed by atoms with E-state index in [4.69, 9.17) is 11.6 Å². The average Bonchev–Trinajstić information content (AvgIpc) is 2.43. The Hall–Kier alpha value is -1.38. The molecule has 0 aliphatic rings. The SMILES string of the molecule is CCCNC(c1cccc(F)c1)c1cc(Cl)ccc1C. The van der Waals surface area contributed by atoms with E-state index in [2.05, 4.69) is 12.2 Å². The van der Waals surface area contributed by atoms with Crippen molar-refractivity contribution >= 4 is 11.6 Å². The maximum absolute atomic E-state index is 13.5. The van der Waals surface area contributed by atoms with Crippen LogP contribution in [0.3, 0.4) is 0 Å². The summed E-state index contributed by atoms with van der Waals surface area (Å²) in [6.07, 6.45) is 1.02. The lowest BCUT2D eigenvalue weighted by molar-refractivity contribution is 0.584. The van der Waals surface area contributed by atoms with E-state index in [0.29, 0.717) is 5.02 Å². The number of benzene rings is 2. The number of rotatable bonds is 5. The van der Waals surface area contributed by atoms with Crippen LogP contribution in [-0.4, -0.2) is 6.54 Å². The summed E-state index contributed by atoms with van der Waals surface area (Å²) in [7, 11) is 0. The van der Waals surface area contributed by atoms with Crippen LogP contribution in [0.4, 0.5) is 4.39 Å². The zero-order valence-electron chi connectivity index (χ0n) is 11.8. The van der Waals surface area contributed by atoms with Crippen LogP contribution in [0.1, 0.15) is 36.1 Å². The van der Waals surface area contributed by atoms with Gasteiger partial charge in [0.25, 0.3) is 0 Å². The molecule has 0 aliphatic carbocycles. The first-order valence-corrected chi connectivity index (χ1v) is 7.24. The Morgan fingerprint density at radius 1 is 1.20 bits per heavy atom. The van der Waals surface area contributed by atoms with Crippen molar-refractivity contribution < 1.29 is 4.39 Å². The van der Waals surface area contributed by atoms with Crippen LogP contribution in [0, 0.1) is 12.7 Å². The highest BCUT2D eigenvalue weighted by Crippen LogP contribution is 2.27. The van der Waals surface area contributed by atoms with Gasteiger partial charge in [-0.1, -0.05) is 36.7 Å². The van der Waals surface area contributed by atoms with Crippen LogP contribution in [-0.2, 0) is 0 Å². The van der Waals surface area contributed by atoms with E-state index >= 15 is 0 Å². The van der Waals surface area contributed by atoms with Crippen LogP contribution in [0.15, 0.2) is 42.5 Å². The van der Waals surface area contributed by atoms with Crippen molar-refractivity contribution in [1.82, 2.24) is 5.32 Å². The quantitative estimate of drug-likeness (QED) is 0.828. The fourth-order valence-electron chi connectivity index (χ4n) is 2.30. The van der Waals surface area contributed by atoms with Crippen LogP contribution in [0.2, 0.25) is 5.02 Å². The van der Waals surface area contributed by atoms with Gasteiger partial charge in [0.15, 0.2) is 0 Å². The van der Waals surface area contributed by atoms with Crippen LogP contribution in [0.25, 0.3) is 0 Å². The van der Waals surface area contributed by atoms with Gasteiger partial charge in [0.05, 0.1) is 6.04 Å². The van der Waals surface area contributed by atoms with Gasteiger partial charge in [-0.25, -0.2) is 4.39 Å². The van der Waals surface area contributed by atoms with Gasteiger partial charge < -0.3 is 5.32 Å². The molecule has 0 aromatic heterocycles. The van der Waals surface area contributed by atoms with Gasteiger partial charge >= 0.3 is 0 Å². The summed E-state index contributed by atoms with van der Waals surface area (Å²) in [6, 6.07) is 12.5. The molecule has 2 aromatic rings. The lowest BCUT2D eigenvalue weighted by Crippen LogP contribution is -2.24. The molecule has 0 saturated heterocycles. The summed E-state index contributed by atoms with van der Waals surface area (Å²) < 4.78 is 13.5. The molecular formula is C17H19ClFN. The third-order valence-electron chi connectivity index (χ3n) is 3.33. The zero-order valence-corrected chi connectivity index (χ0v) is 12.5. The molecule has 0 aliphatic heterocycles. The van der Waals surface area contributed by atoms with Gasteiger partial charge in [0, 0.05) is 5.02 Å². The number of hydrogen-bond acceptors (Lipinski definition) is 1. The third-order valence-corrected chi connectivity index (χ3v) is 3.57. The lowest BCUT2D eigenvalue weighted by Gasteiger charge is -2.22. The first-order chi connectivity index (χ1) is 9.61. The maximum atomic E-state index is 13.5. The van der Waals surface area contributed by atoms with Gasteiger partial charge in [-0.2, -0.15) is 0 Å². The topological polar surface area (TPSA) is 12.0 Å². The van der Waals surface area contributed by atoms with Gasteiger partial charge in [0.2, 0.25) is 0 Å². The molecule has 20 heavy (non-hydrogen) atoms. The van der Waals surface area contributed by atoms with E-state index < -0.39 is 0 Å². The standard InChI is InChI=1S/C17H19ClFN/c1-3-9-20-17(13-5-4-6-15(19)10-13)16-11-14(18)8-7-12(16)2/h4-8,10-11,17,20H,3,9H2,1-2H3. The zero-order chi connectivity index (χ0) is 14.5. The molecule has 106 valence electrons. The first kappa shape index (κ1) is 15.0. The molecule has 0 heterocycles. The van der Waals surface area contributed by atoms with E-state index in [1.54, 1.807) is 12.1 Å². The van der Waals surface area contributed by atoms with E-state index in [1.807, 2.05) is 31.2 Å². The Morgan fingerprint density at radius 2 is 2.00 bits per heavy atom. The predicted octanol–water partition coefficient (Wildman–Crippen LogP) is 4.88. The van der Waals surface area contributed by atoms with Crippen molar-refractivity contribution in [3.63, 3.8) is 0 Å². The summed E-state index contributed by atoms with van der Waals surface area (Å²) in [4.78, 5) is 0. The molecule has 0 bridgehead atoms. The van der Waals surface area contributed by atoms with E-state index in [-0.39, 0.29) is 11.9 Å². The van der Waals surface area contributed by atoms with Crippen LogP contribution >= 0.6 is 11.6 Å². The minimum absolute atomic E-state index is 0.0376. The van der Waals surface area contributed by atoms with Crippen molar-refractivity contribution in [1.29, 1.82) is 0 Å². The summed E-state index contributed by atoms with van der Waals surface area (Å²) in [5.74, 6) is -0.217. The number of nitrogens with one attached hydrogen (secondary N) is 1. The average molecular weight is 292 g/mol. The Morgan fingerprint density at radius 3 is 2.70 bits per heavy atom. The molecule has 0 saturated carbocycles. The highest BCUT2D eigenvalue weighted by Gasteiger charge is 2.16. The molecule has 1 unspecified atom stereocenters. The molecule has 0 fully saturated rings. The third kappa shape index (κ3) is 3.59. The molecule has 2 aromatic carbocycles. The second kappa shape index (κ2) is 6.87. The smallest absolute Gasteiger partial charge is 0.123 e. The van der Waals surface area contributed by atoms with Crippen molar-refractivity contribution in [3.8, 4) is 0 Å². The summed E-state index contributed by atoms with van der Waals surface area (Å²) in [5, 5.41) is 4.17. The second-order valence-electron chi connectivity index (χ2n) is 4.94. The number of aryl methyl sites for hydroxylation is 1. The van der Waals surface area contributed by atoms with E-state index in [9.17, 15) is 4.39 Å². The van der Waals surface area contributed by atoms with Gasteiger partial charge in [-0.3, -0.25) is 0 Å². The fourth-order valence-corrected chi connectivity index (χ4v) is 2.49. The van der Waals surface area contributed by atoms with Crippen LogP contribution < -0.4 is 5.32 Å². The minimum atomic E-state index is -0.217. The molecular weight excluding hydrogens is 273 g/mol. The van der Waals surface area contributed by atoms with Crippen molar-refractivity contribution in [2.45, 2.75) is 26.3 Å². The maximum Gasteiger partial charge on any atom is 0.123 e. The normalized spacial score (nSPS) is 12.4. The van der Waals surface area contributed by atoms with Crippen molar-refractivity contribution in [2.75, 3.05) is 6.54 Å². The van der Waals surface area contributed by atoms with Gasteiger partial charge in [-0.05, 0) is 60.8 Å². The van der Waals surface area contributed by atoms with Gasteiger partial charge in [0.1, 0.15) is 5.82 Å². The number of hydrogen-bond donors (Lipinski definition) is 1. The summed E-state index contributed by atoms with van der Waals surface area (Å²) in [6.45, 7) is 5.03. The monoisotopic (exact) mass is 291 g/mol. The highest BCUT2D eigenvalue weighted by molar-refractivity contribution is 6.30. The predicted molar refractivity (Wildman–Crippen MR) is 82.7 cm³/mol. The molecule has 1 nitrogen and oxygen atoms in total. The lowest BCUT2D eigenvalue weighted by atomic mass is 9.95. The summed E-state index contributed by atoms with van der Waals surface area (Å²) in [5.41, 5.74) is 3.16. The second-order valence-corrected chi connectivity index (χ2v) is 5.38. The molecule has 0 spiro atoms. The molecule has 0 amide bonds. The molecule has 1 atom stereocenters. The van der Waals surface area contributed by atoms with Crippen molar-refractivity contribution in [3.05, 3.63) is 70.0 Å². The van der Waals surface area contributed by atoms with Gasteiger partial charge in [-0.15, -0.1) is 0 Å². The molecule has 1 N–H and O–H groups in total. The molecule has 0 radical (unpaired) electrons. The Labute approximate surface area is 124 Å².